The van der Waals surface area contributed by atoms with Crippen LogP contribution in [0.5, 0.6) is 0 Å². The molecule has 0 aliphatic carbocycles. The molecule has 0 fully saturated rings. The van der Waals surface area contributed by atoms with Crippen molar-refractivity contribution >= 4 is 5.69 Å². The average molecular weight is 218 g/mol. The summed E-state index contributed by atoms with van der Waals surface area (Å²) < 4.78 is 0. The van der Waals surface area contributed by atoms with Gasteiger partial charge in [-0.2, -0.15) is 0 Å². The molecule has 1 aromatic carbocycles. The highest BCUT2D eigenvalue weighted by Crippen LogP contribution is 2.07. The van der Waals surface area contributed by atoms with Gasteiger partial charge < -0.3 is 5.43 Å². The molecule has 0 aromatic heterocycles. The Balaban J connectivity index is 2.34. The van der Waals surface area contributed by atoms with Crippen LogP contribution in [0.4, 0.5) is 5.69 Å². The molecule has 16 heavy (non-hydrogen) atoms. The van der Waals surface area contributed by atoms with Crippen molar-refractivity contribution < 1.29 is 0 Å². The third-order valence-electron chi connectivity index (χ3n) is 2.55. The van der Waals surface area contributed by atoms with E-state index < -0.39 is 0 Å². The number of hydrogen-bond acceptors (Lipinski definition) is 2. The van der Waals surface area contributed by atoms with Crippen molar-refractivity contribution in [3.05, 3.63) is 43.0 Å². The minimum Gasteiger partial charge on any atom is -0.321 e. The van der Waals surface area contributed by atoms with Crippen LogP contribution in [0.3, 0.4) is 0 Å². The van der Waals surface area contributed by atoms with E-state index in [1.165, 1.54) is 19.3 Å². The van der Waals surface area contributed by atoms with E-state index in [4.69, 9.17) is 0 Å². The van der Waals surface area contributed by atoms with E-state index in [2.05, 4.69) is 36.5 Å². The SMILES string of the molecule is C=CCC(CCCC)NNc1ccccc1. The zero-order valence-corrected chi connectivity index (χ0v) is 10.1. The molecule has 0 bridgehead atoms. The summed E-state index contributed by atoms with van der Waals surface area (Å²) >= 11 is 0. The smallest absolute Gasteiger partial charge is 0.0487 e. The lowest BCUT2D eigenvalue weighted by Gasteiger charge is -2.18. The van der Waals surface area contributed by atoms with Crippen LogP contribution in [-0.4, -0.2) is 6.04 Å². The summed E-state index contributed by atoms with van der Waals surface area (Å²) in [6.45, 7) is 6.01. The van der Waals surface area contributed by atoms with Crippen LogP contribution in [0.1, 0.15) is 32.6 Å². The van der Waals surface area contributed by atoms with Gasteiger partial charge in [-0.3, -0.25) is 0 Å². The van der Waals surface area contributed by atoms with Gasteiger partial charge in [0.05, 0.1) is 0 Å². The lowest BCUT2D eigenvalue weighted by Crippen LogP contribution is -2.33. The second-order valence-electron chi connectivity index (χ2n) is 4.00. The van der Waals surface area contributed by atoms with Crippen molar-refractivity contribution in [2.24, 2.45) is 0 Å². The monoisotopic (exact) mass is 218 g/mol. The Morgan fingerprint density at radius 2 is 2.06 bits per heavy atom. The summed E-state index contributed by atoms with van der Waals surface area (Å²) in [5, 5.41) is 0. The topological polar surface area (TPSA) is 24.1 Å². The minimum absolute atomic E-state index is 0.470. The summed E-state index contributed by atoms with van der Waals surface area (Å²) in [7, 11) is 0. The Morgan fingerprint density at radius 1 is 1.31 bits per heavy atom. The fourth-order valence-electron chi connectivity index (χ4n) is 1.61. The normalized spacial score (nSPS) is 12.1. The predicted molar refractivity (Wildman–Crippen MR) is 71.3 cm³/mol. The second kappa shape index (κ2) is 7.94. The van der Waals surface area contributed by atoms with Gasteiger partial charge in [0.15, 0.2) is 0 Å². The lowest BCUT2D eigenvalue weighted by molar-refractivity contribution is 0.502. The zero-order valence-electron chi connectivity index (χ0n) is 10.1. The van der Waals surface area contributed by atoms with E-state index in [0.717, 1.165) is 12.1 Å². The van der Waals surface area contributed by atoms with Crippen LogP contribution >= 0.6 is 0 Å². The minimum atomic E-state index is 0.470. The highest BCUT2D eigenvalue weighted by Gasteiger charge is 2.04. The zero-order chi connectivity index (χ0) is 11.6. The molecular weight excluding hydrogens is 196 g/mol. The molecular formula is C14H22N2. The van der Waals surface area contributed by atoms with E-state index in [1.54, 1.807) is 0 Å². The molecule has 0 radical (unpaired) electrons. The summed E-state index contributed by atoms with van der Waals surface area (Å²) in [5.41, 5.74) is 7.70. The highest BCUT2D eigenvalue weighted by molar-refractivity contribution is 5.41. The van der Waals surface area contributed by atoms with Gasteiger partial charge in [0, 0.05) is 11.7 Å². The van der Waals surface area contributed by atoms with Gasteiger partial charge in [-0.05, 0) is 25.0 Å². The maximum atomic E-state index is 3.80. The molecule has 0 aliphatic heterocycles. The molecule has 2 heteroatoms. The average Bonchev–Trinajstić information content (AvgIpc) is 2.34. The molecule has 1 unspecified atom stereocenters. The number of unbranched alkanes of at least 4 members (excludes halogenated alkanes) is 1. The van der Waals surface area contributed by atoms with Gasteiger partial charge in [0.1, 0.15) is 0 Å². The number of anilines is 1. The third kappa shape index (κ3) is 4.99. The molecule has 0 spiro atoms. The summed E-state index contributed by atoms with van der Waals surface area (Å²) in [4.78, 5) is 0. The van der Waals surface area contributed by atoms with Gasteiger partial charge in [-0.15, -0.1) is 6.58 Å². The standard InChI is InChI=1S/C14H22N2/c1-3-5-10-13(9-4-2)15-16-14-11-7-6-8-12-14/h4,6-8,11-13,15-16H,2-3,5,9-10H2,1H3. The van der Waals surface area contributed by atoms with Gasteiger partial charge in [-0.1, -0.05) is 44.0 Å². The second-order valence-corrected chi connectivity index (χ2v) is 4.00. The van der Waals surface area contributed by atoms with Crippen molar-refractivity contribution in [1.82, 2.24) is 5.43 Å². The first-order valence-corrected chi connectivity index (χ1v) is 6.04. The number of para-hydroxylation sites is 1. The maximum Gasteiger partial charge on any atom is 0.0487 e. The molecule has 0 aliphatic rings. The van der Waals surface area contributed by atoms with E-state index in [0.29, 0.717) is 6.04 Å². The van der Waals surface area contributed by atoms with Crippen LogP contribution < -0.4 is 10.9 Å². The summed E-state index contributed by atoms with van der Waals surface area (Å²) in [5.74, 6) is 0. The largest absolute Gasteiger partial charge is 0.321 e. The van der Waals surface area contributed by atoms with Crippen molar-refractivity contribution in [1.29, 1.82) is 0 Å². The number of nitrogens with one attached hydrogen (secondary N) is 2. The molecule has 0 amide bonds. The molecule has 0 saturated carbocycles. The molecule has 2 nitrogen and oxygen atoms in total. The van der Waals surface area contributed by atoms with E-state index >= 15 is 0 Å². The number of rotatable bonds is 8. The van der Waals surface area contributed by atoms with Crippen LogP contribution in [0.15, 0.2) is 43.0 Å². The maximum absolute atomic E-state index is 3.80. The number of hydrogen-bond donors (Lipinski definition) is 2. The Hall–Kier alpha value is -1.28. The first-order valence-electron chi connectivity index (χ1n) is 6.04. The predicted octanol–water partition coefficient (Wildman–Crippen LogP) is 3.74. The molecule has 88 valence electrons. The summed E-state index contributed by atoms with van der Waals surface area (Å²) in [6, 6.07) is 10.6. The molecule has 0 heterocycles. The first-order chi connectivity index (χ1) is 7.86. The number of benzene rings is 1. The molecule has 0 saturated heterocycles. The van der Waals surface area contributed by atoms with Crippen molar-refractivity contribution in [3.8, 4) is 0 Å². The van der Waals surface area contributed by atoms with Gasteiger partial charge >= 0.3 is 0 Å². The van der Waals surface area contributed by atoms with Crippen molar-refractivity contribution in [3.63, 3.8) is 0 Å². The van der Waals surface area contributed by atoms with Gasteiger partial charge in [-0.25, -0.2) is 5.43 Å². The molecule has 1 atom stereocenters. The lowest BCUT2D eigenvalue weighted by atomic mass is 10.1. The van der Waals surface area contributed by atoms with Crippen molar-refractivity contribution in [2.45, 2.75) is 38.6 Å². The molecule has 2 N–H and O–H groups in total. The Bertz CT molecular complexity index is 282. The molecule has 1 rings (SSSR count). The van der Waals surface area contributed by atoms with E-state index in [1.807, 2.05) is 24.3 Å². The first kappa shape index (κ1) is 12.8. The Kier molecular flexibility index (Phi) is 6.35. The van der Waals surface area contributed by atoms with Gasteiger partial charge in [0.25, 0.3) is 0 Å². The highest BCUT2D eigenvalue weighted by atomic mass is 15.4. The van der Waals surface area contributed by atoms with E-state index in [9.17, 15) is 0 Å². The third-order valence-corrected chi connectivity index (χ3v) is 2.55. The fraction of sp³-hybridized carbons (Fsp3) is 0.429. The van der Waals surface area contributed by atoms with Gasteiger partial charge in [0.2, 0.25) is 0 Å². The number of hydrazine groups is 1. The fourth-order valence-corrected chi connectivity index (χ4v) is 1.61. The summed E-state index contributed by atoms with van der Waals surface area (Å²) in [6.07, 6.45) is 6.64. The van der Waals surface area contributed by atoms with Crippen LogP contribution in [-0.2, 0) is 0 Å². The Morgan fingerprint density at radius 3 is 2.69 bits per heavy atom. The van der Waals surface area contributed by atoms with Crippen LogP contribution in [0.2, 0.25) is 0 Å². The van der Waals surface area contributed by atoms with E-state index in [-0.39, 0.29) is 0 Å². The van der Waals surface area contributed by atoms with Crippen LogP contribution in [0, 0.1) is 0 Å². The molecule has 1 aromatic rings. The van der Waals surface area contributed by atoms with Crippen molar-refractivity contribution in [2.75, 3.05) is 5.43 Å². The quantitative estimate of drug-likeness (QED) is 0.513. The van der Waals surface area contributed by atoms with Crippen LogP contribution in [0.25, 0.3) is 0 Å². The Labute approximate surface area is 98.7 Å².